The maximum absolute atomic E-state index is 10.8. The maximum atomic E-state index is 10.8. The first-order valence-electron chi connectivity index (χ1n) is 7.94. The molecule has 1 N–H and O–H groups in total. The van der Waals surface area contributed by atoms with Gasteiger partial charge in [0, 0.05) is 11.1 Å². The predicted molar refractivity (Wildman–Crippen MR) is 94.2 cm³/mol. The minimum Gasteiger partial charge on any atom is -0.493 e. The van der Waals surface area contributed by atoms with Crippen LogP contribution in [0.1, 0.15) is 36.5 Å². The molecule has 0 amide bonds. The second-order valence-electron chi connectivity index (χ2n) is 6.30. The topological polar surface area (TPSA) is 38.0 Å². The summed E-state index contributed by atoms with van der Waals surface area (Å²) in [6.07, 6.45) is 0. The van der Waals surface area contributed by atoms with Crippen molar-refractivity contribution in [2.75, 3.05) is 0 Å². The van der Waals surface area contributed by atoms with Crippen molar-refractivity contribution < 1.29 is 5.11 Å². The van der Waals surface area contributed by atoms with Crippen molar-refractivity contribution in [3.8, 4) is 22.8 Å². The fraction of sp³-hybridized carbons (Fsp3) is 0.250. The predicted octanol–water partition coefficient (Wildman–Crippen LogP) is 4.99. The number of rotatable bonds is 3. The number of hydrogen-bond acceptors (Lipinski definition) is 2. The van der Waals surface area contributed by atoms with Gasteiger partial charge in [-0.2, -0.15) is 5.10 Å². The van der Waals surface area contributed by atoms with E-state index in [1.807, 2.05) is 31.2 Å². The third-order valence-corrected chi connectivity index (χ3v) is 4.14. The van der Waals surface area contributed by atoms with Crippen molar-refractivity contribution in [3.63, 3.8) is 0 Å². The SMILES string of the molecule is Cc1ccc(-c2nn(-c3ccccc3C)c(O)c2C(C)C)cc1. The van der Waals surface area contributed by atoms with Crippen molar-refractivity contribution in [1.29, 1.82) is 0 Å². The molecule has 0 aliphatic carbocycles. The smallest absolute Gasteiger partial charge is 0.218 e. The first-order valence-corrected chi connectivity index (χ1v) is 7.94. The molecule has 3 heteroatoms. The summed E-state index contributed by atoms with van der Waals surface area (Å²) in [6, 6.07) is 16.2. The summed E-state index contributed by atoms with van der Waals surface area (Å²) in [6.45, 7) is 8.25. The van der Waals surface area contributed by atoms with Crippen LogP contribution in [0.2, 0.25) is 0 Å². The molecule has 0 saturated heterocycles. The minimum atomic E-state index is 0.184. The molecule has 3 nitrogen and oxygen atoms in total. The van der Waals surface area contributed by atoms with E-state index in [2.05, 4.69) is 45.0 Å². The van der Waals surface area contributed by atoms with Gasteiger partial charge in [-0.15, -0.1) is 0 Å². The highest BCUT2D eigenvalue weighted by Gasteiger charge is 2.22. The number of nitrogens with zero attached hydrogens (tertiary/aromatic N) is 2. The Morgan fingerprint density at radius 1 is 0.957 bits per heavy atom. The summed E-state index contributed by atoms with van der Waals surface area (Å²) in [5.41, 5.74) is 5.96. The molecule has 0 aliphatic rings. The zero-order chi connectivity index (χ0) is 16.6. The van der Waals surface area contributed by atoms with E-state index < -0.39 is 0 Å². The zero-order valence-corrected chi connectivity index (χ0v) is 14.0. The highest BCUT2D eigenvalue weighted by atomic mass is 16.3. The van der Waals surface area contributed by atoms with Gasteiger partial charge >= 0.3 is 0 Å². The molecule has 1 aromatic heterocycles. The molecule has 2 aromatic carbocycles. The van der Waals surface area contributed by atoms with Crippen LogP contribution < -0.4 is 0 Å². The molecule has 0 bridgehead atoms. The summed E-state index contributed by atoms with van der Waals surface area (Å²) in [4.78, 5) is 0. The molecule has 3 aromatic rings. The van der Waals surface area contributed by atoms with Crippen molar-refractivity contribution in [3.05, 3.63) is 65.2 Å². The average molecular weight is 306 g/mol. The van der Waals surface area contributed by atoms with Gasteiger partial charge in [0.2, 0.25) is 5.88 Å². The Labute approximate surface area is 137 Å². The lowest BCUT2D eigenvalue weighted by Crippen LogP contribution is -1.98. The minimum absolute atomic E-state index is 0.184. The van der Waals surface area contributed by atoms with Gasteiger partial charge in [0.05, 0.1) is 5.69 Å². The third kappa shape index (κ3) is 2.74. The van der Waals surface area contributed by atoms with Crippen LogP contribution in [-0.2, 0) is 0 Å². The number of aromatic nitrogens is 2. The molecule has 0 saturated carbocycles. The van der Waals surface area contributed by atoms with Gasteiger partial charge < -0.3 is 5.11 Å². The molecular weight excluding hydrogens is 284 g/mol. The Kier molecular flexibility index (Phi) is 3.95. The van der Waals surface area contributed by atoms with E-state index in [-0.39, 0.29) is 11.8 Å². The number of benzene rings is 2. The summed E-state index contributed by atoms with van der Waals surface area (Å²) in [7, 11) is 0. The Morgan fingerprint density at radius 3 is 2.22 bits per heavy atom. The first-order chi connectivity index (χ1) is 11.0. The summed E-state index contributed by atoms with van der Waals surface area (Å²) in [5, 5.41) is 15.5. The Morgan fingerprint density at radius 2 is 1.61 bits per heavy atom. The number of para-hydroxylation sites is 1. The van der Waals surface area contributed by atoms with Crippen molar-refractivity contribution in [1.82, 2.24) is 9.78 Å². The van der Waals surface area contributed by atoms with Gasteiger partial charge in [-0.3, -0.25) is 0 Å². The summed E-state index contributed by atoms with van der Waals surface area (Å²) < 4.78 is 1.65. The van der Waals surface area contributed by atoms with Gasteiger partial charge in [0.15, 0.2) is 0 Å². The van der Waals surface area contributed by atoms with Crippen LogP contribution in [0.15, 0.2) is 48.5 Å². The van der Waals surface area contributed by atoms with Crippen molar-refractivity contribution in [2.24, 2.45) is 0 Å². The third-order valence-electron chi connectivity index (χ3n) is 4.14. The Hall–Kier alpha value is -2.55. The van der Waals surface area contributed by atoms with Gasteiger partial charge in [-0.05, 0) is 31.4 Å². The van der Waals surface area contributed by atoms with E-state index in [0.29, 0.717) is 0 Å². The van der Waals surface area contributed by atoms with E-state index in [1.165, 1.54) is 5.56 Å². The van der Waals surface area contributed by atoms with Crippen LogP contribution >= 0.6 is 0 Å². The van der Waals surface area contributed by atoms with Crippen molar-refractivity contribution >= 4 is 0 Å². The highest BCUT2D eigenvalue weighted by molar-refractivity contribution is 5.67. The molecule has 3 rings (SSSR count). The lowest BCUT2D eigenvalue weighted by atomic mass is 9.98. The van der Waals surface area contributed by atoms with Crippen molar-refractivity contribution in [2.45, 2.75) is 33.6 Å². The average Bonchev–Trinajstić information content (AvgIpc) is 2.86. The van der Waals surface area contributed by atoms with Crippen LogP contribution in [0.4, 0.5) is 0 Å². The molecule has 0 spiro atoms. The number of hydrogen-bond donors (Lipinski definition) is 1. The molecule has 0 atom stereocenters. The fourth-order valence-corrected chi connectivity index (χ4v) is 2.85. The van der Waals surface area contributed by atoms with E-state index in [0.717, 1.165) is 28.1 Å². The van der Waals surface area contributed by atoms with Gasteiger partial charge in [-0.1, -0.05) is 61.9 Å². The molecule has 118 valence electrons. The van der Waals surface area contributed by atoms with Crippen LogP contribution in [0, 0.1) is 13.8 Å². The number of aryl methyl sites for hydroxylation is 2. The Bertz CT molecular complexity index is 829. The molecule has 1 heterocycles. The lowest BCUT2D eigenvalue weighted by molar-refractivity contribution is 0.425. The molecule has 23 heavy (non-hydrogen) atoms. The highest BCUT2D eigenvalue weighted by Crippen LogP contribution is 2.37. The monoisotopic (exact) mass is 306 g/mol. The van der Waals surface area contributed by atoms with E-state index in [1.54, 1.807) is 4.68 Å². The van der Waals surface area contributed by atoms with E-state index in [9.17, 15) is 5.11 Å². The largest absolute Gasteiger partial charge is 0.493 e. The van der Waals surface area contributed by atoms with E-state index in [4.69, 9.17) is 5.10 Å². The fourth-order valence-electron chi connectivity index (χ4n) is 2.85. The van der Waals surface area contributed by atoms with Gasteiger partial charge in [0.1, 0.15) is 5.69 Å². The maximum Gasteiger partial charge on any atom is 0.218 e. The van der Waals surface area contributed by atoms with E-state index >= 15 is 0 Å². The normalized spacial score (nSPS) is 11.2. The number of aromatic hydroxyl groups is 1. The molecule has 0 fully saturated rings. The Balaban J connectivity index is 2.23. The molecule has 0 unspecified atom stereocenters. The van der Waals surface area contributed by atoms with Gasteiger partial charge in [0.25, 0.3) is 0 Å². The lowest BCUT2D eigenvalue weighted by Gasteiger charge is -2.08. The molecule has 0 aliphatic heterocycles. The quantitative estimate of drug-likeness (QED) is 0.740. The second kappa shape index (κ2) is 5.92. The first kappa shape index (κ1) is 15.3. The molecule has 0 radical (unpaired) electrons. The van der Waals surface area contributed by atoms with Crippen LogP contribution in [0.25, 0.3) is 16.9 Å². The molecular formula is C20H22N2O. The van der Waals surface area contributed by atoms with Crippen LogP contribution in [0.5, 0.6) is 5.88 Å². The summed E-state index contributed by atoms with van der Waals surface area (Å²) >= 11 is 0. The van der Waals surface area contributed by atoms with Crippen LogP contribution in [-0.4, -0.2) is 14.9 Å². The van der Waals surface area contributed by atoms with Crippen LogP contribution in [0.3, 0.4) is 0 Å². The second-order valence-corrected chi connectivity index (χ2v) is 6.30. The summed E-state index contributed by atoms with van der Waals surface area (Å²) in [5.74, 6) is 0.411. The zero-order valence-electron chi connectivity index (χ0n) is 14.0. The van der Waals surface area contributed by atoms with Gasteiger partial charge in [-0.25, -0.2) is 4.68 Å². The standard InChI is InChI=1S/C20H22N2O/c1-13(2)18-19(16-11-9-14(3)10-12-16)21-22(20(18)23)17-8-6-5-7-15(17)4/h5-13,23H,1-4H3.